The molecule has 71 heavy (non-hydrogen) atoms. The molecule has 0 aliphatic heterocycles. The fourth-order valence-corrected chi connectivity index (χ4v) is 11.0. The highest BCUT2D eigenvalue weighted by molar-refractivity contribution is 7.43. The van der Waals surface area contributed by atoms with Gasteiger partial charge < -0.3 is 31.9 Å². The molecule has 9 heteroatoms. The van der Waals surface area contributed by atoms with Crippen LogP contribution in [0.25, 0.3) is 11.1 Å². The third-order valence-electron chi connectivity index (χ3n) is 12.6. The first kappa shape index (κ1) is 55.1. The largest absolute Gasteiger partial charge is 0.530 e. The van der Waals surface area contributed by atoms with Crippen molar-refractivity contribution in [3.63, 3.8) is 0 Å². The normalized spacial score (nSPS) is 12.3. The van der Waals surface area contributed by atoms with Gasteiger partial charge >= 0.3 is 17.2 Å². The zero-order valence-electron chi connectivity index (χ0n) is 46.0. The van der Waals surface area contributed by atoms with Crippen LogP contribution in [-0.2, 0) is 41.9 Å². The molecule has 380 valence electrons. The van der Waals surface area contributed by atoms with Gasteiger partial charge in [0.15, 0.2) is 0 Å². The molecular weight excluding hydrogens is 919 g/mol. The highest BCUT2D eigenvalue weighted by Gasteiger charge is 2.39. The molecule has 0 atom stereocenters. The molecule has 0 bridgehead atoms. The average Bonchev–Trinajstić information content (AvgIpc) is 3.29. The lowest BCUT2D eigenvalue weighted by molar-refractivity contribution is 0.129. The second-order valence-corrected chi connectivity index (χ2v) is 24.3. The molecular formula is C62H80O7P2. The lowest BCUT2D eigenvalue weighted by atomic mass is 9.74. The van der Waals surface area contributed by atoms with Crippen LogP contribution in [0.5, 0.6) is 40.2 Å². The van der Waals surface area contributed by atoms with Crippen LogP contribution in [0.2, 0.25) is 0 Å². The topological polar surface area (TPSA) is 64.6 Å². The summed E-state index contributed by atoms with van der Waals surface area (Å²) >= 11 is 0. The van der Waals surface area contributed by atoms with Crippen molar-refractivity contribution in [3.8, 4) is 51.4 Å². The maximum atomic E-state index is 7.61. The Morgan fingerprint density at radius 1 is 0.352 bits per heavy atom. The Hall–Kier alpha value is -5.22. The molecule has 0 aromatic heterocycles. The Morgan fingerprint density at radius 3 is 0.944 bits per heavy atom. The van der Waals surface area contributed by atoms with E-state index in [0.29, 0.717) is 34.5 Å². The van der Waals surface area contributed by atoms with Gasteiger partial charge in [-0.2, -0.15) is 0 Å². The van der Waals surface area contributed by atoms with E-state index in [2.05, 4.69) is 161 Å². The molecule has 0 unspecified atom stereocenters. The molecule has 6 rings (SSSR count). The van der Waals surface area contributed by atoms with Crippen molar-refractivity contribution >= 4 is 17.2 Å². The van der Waals surface area contributed by atoms with Gasteiger partial charge in [0, 0.05) is 27.8 Å². The van der Waals surface area contributed by atoms with E-state index in [-0.39, 0.29) is 5.41 Å². The molecule has 7 nitrogen and oxygen atoms in total. The van der Waals surface area contributed by atoms with Crippen molar-refractivity contribution in [1.82, 2.24) is 0 Å². The summed E-state index contributed by atoms with van der Waals surface area (Å²) in [6, 6.07) is 37.0. The Bertz CT molecular complexity index is 2670. The number of rotatable bonds is 18. The molecule has 6 aromatic rings. The van der Waals surface area contributed by atoms with Gasteiger partial charge in [-0.3, -0.25) is 0 Å². The van der Waals surface area contributed by atoms with E-state index >= 15 is 0 Å². The van der Waals surface area contributed by atoms with E-state index in [1.54, 1.807) is 0 Å². The summed E-state index contributed by atoms with van der Waals surface area (Å²) in [4.78, 5) is 0. The first-order valence-corrected chi connectivity index (χ1v) is 27.6. The Morgan fingerprint density at radius 2 is 0.648 bits per heavy atom. The predicted octanol–water partition coefficient (Wildman–Crippen LogP) is 18.8. The van der Waals surface area contributed by atoms with E-state index in [1.807, 2.05) is 72.8 Å². The van der Waals surface area contributed by atoms with Crippen molar-refractivity contribution in [1.29, 1.82) is 0 Å². The SMILES string of the molecule is CCc1ccccc1OP(Oc1ccccc1CC)Oc1c(C(C)(C)C)cc(OC(C)(C)C)c(C)c1-c1c(C)c(C(C)(C)C)cc(C(C)(C)C)c1OP(Oc1ccccc1CC)Oc1ccccc1CC. The van der Waals surface area contributed by atoms with Crippen LogP contribution in [0.15, 0.2) is 109 Å². The van der Waals surface area contributed by atoms with Gasteiger partial charge in [-0.05, 0) is 140 Å². The molecule has 0 heterocycles. The van der Waals surface area contributed by atoms with Gasteiger partial charge in [-0.1, -0.05) is 169 Å². The summed E-state index contributed by atoms with van der Waals surface area (Å²) in [5, 5.41) is 0. The molecule has 0 saturated carbocycles. The quantitative estimate of drug-likeness (QED) is 0.0795. The number of ether oxygens (including phenoxy) is 1. The Kier molecular flexibility index (Phi) is 17.6. The zero-order chi connectivity index (χ0) is 52.1. The van der Waals surface area contributed by atoms with Crippen LogP contribution in [0, 0.1) is 13.8 Å². The van der Waals surface area contributed by atoms with Gasteiger partial charge in [0.05, 0.1) is 0 Å². The number of benzene rings is 6. The number of para-hydroxylation sites is 4. The summed E-state index contributed by atoms with van der Waals surface area (Å²) in [5.74, 6) is 4.88. The van der Waals surface area contributed by atoms with Gasteiger partial charge in [0.25, 0.3) is 0 Å². The van der Waals surface area contributed by atoms with Crippen LogP contribution in [0.4, 0.5) is 0 Å². The van der Waals surface area contributed by atoms with Crippen LogP contribution in [0.3, 0.4) is 0 Å². The standard InChI is InChI=1S/C62H80O7P2/c1-19-43-31-23-27-35-50(43)64-70(65-51-36-28-24-32-44(51)20-2)68-57-48(60(10,11)12)39-47(59(7,8)9)41(5)55(57)56-42(6)54(63-62(16,17)18)40-49(61(13,14)15)58(56)69-71(66-52-37-29-25-33-45(52)21-3)67-53-38-30-26-34-46(53)22-4/h23-40H,19-22H2,1-18H3. The monoisotopic (exact) mass is 999 g/mol. The van der Waals surface area contributed by atoms with Crippen molar-refractivity contribution < 1.29 is 31.9 Å². The van der Waals surface area contributed by atoms with Crippen LogP contribution >= 0.6 is 17.2 Å². The third-order valence-corrected chi connectivity index (χ3v) is 14.6. The summed E-state index contributed by atoms with van der Waals surface area (Å²) in [6.45, 7) is 39.3. The number of hydrogen-bond donors (Lipinski definition) is 0. The van der Waals surface area contributed by atoms with Gasteiger partial charge in [0.2, 0.25) is 0 Å². The van der Waals surface area contributed by atoms with E-state index < -0.39 is 33.6 Å². The zero-order valence-corrected chi connectivity index (χ0v) is 47.8. The maximum absolute atomic E-state index is 7.61. The molecule has 0 radical (unpaired) electrons. The lowest BCUT2D eigenvalue weighted by Gasteiger charge is -2.35. The first-order chi connectivity index (χ1) is 33.4. The molecule has 0 saturated heterocycles. The maximum Gasteiger partial charge on any atom is 0.530 e. The average molecular weight is 999 g/mol. The summed E-state index contributed by atoms with van der Waals surface area (Å²) in [6.07, 6.45) is 3.10. The Balaban J connectivity index is 1.77. The van der Waals surface area contributed by atoms with Crippen molar-refractivity contribution in [2.24, 2.45) is 0 Å². The van der Waals surface area contributed by atoms with Crippen LogP contribution in [0.1, 0.15) is 161 Å². The highest BCUT2D eigenvalue weighted by Crippen LogP contribution is 2.59. The second-order valence-electron chi connectivity index (χ2n) is 22.4. The minimum atomic E-state index is -2.15. The second kappa shape index (κ2) is 22.7. The number of hydrogen-bond acceptors (Lipinski definition) is 7. The number of aryl methyl sites for hydroxylation is 4. The first-order valence-electron chi connectivity index (χ1n) is 25.4. The van der Waals surface area contributed by atoms with E-state index in [4.69, 9.17) is 31.9 Å². The minimum Gasteiger partial charge on any atom is -0.488 e. The van der Waals surface area contributed by atoms with Crippen molar-refractivity contribution in [2.75, 3.05) is 0 Å². The smallest absolute Gasteiger partial charge is 0.488 e. The van der Waals surface area contributed by atoms with Gasteiger partial charge in [-0.25, -0.2) is 0 Å². The van der Waals surface area contributed by atoms with E-state index in [9.17, 15) is 0 Å². The molecule has 0 N–H and O–H groups in total. The summed E-state index contributed by atoms with van der Waals surface area (Å²) < 4.78 is 50.4. The Labute approximate surface area is 430 Å². The van der Waals surface area contributed by atoms with Crippen molar-refractivity contribution in [3.05, 3.63) is 159 Å². The molecule has 0 amide bonds. The molecule has 0 aliphatic carbocycles. The van der Waals surface area contributed by atoms with Crippen LogP contribution < -0.4 is 31.9 Å². The van der Waals surface area contributed by atoms with Crippen molar-refractivity contribution in [2.45, 2.75) is 172 Å². The van der Waals surface area contributed by atoms with Crippen LogP contribution in [-0.4, -0.2) is 5.60 Å². The van der Waals surface area contributed by atoms with Gasteiger partial charge in [0.1, 0.15) is 45.8 Å². The van der Waals surface area contributed by atoms with E-state index in [1.165, 1.54) is 5.56 Å². The van der Waals surface area contributed by atoms with Gasteiger partial charge in [-0.15, -0.1) is 0 Å². The minimum absolute atomic E-state index is 0.275. The fraction of sp³-hybridized carbons (Fsp3) is 0.419. The molecule has 0 fully saturated rings. The van der Waals surface area contributed by atoms with E-state index in [0.717, 1.165) is 87.1 Å². The molecule has 6 aromatic carbocycles. The predicted molar refractivity (Wildman–Crippen MR) is 299 cm³/mol. The highest BCUT2D eigenvalue weighted by atomic mass is 31.2. The summed E-state index contributed by atoms with van der Waals surface area (Å²) in [5.41, 5.74) is 9.26. The molecule has 0 aliphatic rings. The third kappa shape index (κ3) is 13.4. The lowest BCUT2D eigenvalue weighted by Crippen LogP contribution is -2.25. The summed E-state index contributed by atoms with van der Waals surface area (Å²) in [7, 11) is -4.30. The fourth-order valence-electron chi connectivity index (χ4n) is 8.73. The molecule has 0 spiro atoms.